The van der Waals surface area contributed by atoms with Crippen molar-refractivity contribution in [1.82, 2.24) is 9.78 Å². The summed E-state index contributed by atoms with van der Waals surface area (Å²) in [5, 5.41) is 13.7. The maximum atomic E-state index is 12.9. The second kappa shape index (κ2) is 6.72. The Balaban J connectivity index is 1.80. The topological polar surface area (TPSA) is 79.6 Å². The molecule has 1 aromatic carbocycles. The van der Waals surface area contributed by atoms with E-state index in [1.165, 1.54) is 11.8 Å². The number of hydrogen-bond acceptors (Lipinski definition) is 5. The van der Waals surface area contributed by atoms with Crippen molar-refractivity contribution in [3.05, 3.63) is 44.7 Å². The molecule has 3 heterocycles. The summed E-state index contributed by atoms with van der Waals surface area (Å²) in [5.41, 5.74) is 1.14. The number of phenols is 1. The number of nitrogens with one attached hydrogen (secondary N) is 1. The minimum Gasteiger partial charge on any atom is -0.506 e. The van der Waals surface area contributed by atoms with Gasteiger partial charge in [0.2, 0.25) is 0 Å². The van der Waals surface area contributed by atoms with Crippen LogP contribution in [-0.4, -0.2) is 32.1 Å². The minimum atomic E-state index is -0.233. The van der Waals surface area contributed by atoms with E-state index in [9.17, 15) is 9.90 Å². The molecule has 2 aliphatic rings. The van der Waals surface area contributed by atoms with Gasteiger partial charge in [-0.25, -0.2) is 4.99 Å². The van der Waals surface area contributed by atoms with E-state index in [-0.39, 0.29) is 33.2 Å². The van der Waals surface area contributed by atoms with E-state index in [1.807, 2.05) is 11.6 Å². The summed E-state index contributed by atoms with van der Waals surface area (Å²) in [4.78, 5) is 17.6. The lowest BCUT2D eigenvalue weighted by atomic mass is 9.94. The van der Waals surface area contributed by atoms with Gasteiger partial charge in [0, 0.05) is 6.61 Å². The van der Waals surface area contributed by atoms with Crippen molar-refractivity contribution in [2.45, 2.75) is 50.5 Å². The average molecular weight is 408 g/mol. The normalized spacial score (nSPS) is 24.4. The lowest BCUT2D eigenvalue weighted by molar-refractivity contribution is -0.0705. The smallest absolute Gasteiger partial charge is 0.271 e. The van der Waals surface area contributed by atoms with Crippen LogP contribution in [0.15, 0.2) is 28.0 Å². The van der Waals surface area contributed by atoms with E-state index in [2.05, 4.69) is 18.9 Å². The lowest BCUT2D eigenvalue weighted by Gasteiger charge is -2.36. The van der Waals surface area contributed by atoms with Crippen LogP contribution in [0.2, 0.25) is 5.02 Å². The van der Waals surface area contributed by atoms with E-state index in [0.29, 0.717) is 18.0 Å². The third kappa shape index (κ3) is 3.44. The Hall–Kier alpha value is -1.70. The van der Waals surface area contributed by atoms with Crippen molar-refractivity contribution in [3.8, 4) is 5.75 Å². The molecule has 6 nitrogen and oxygen atoms in total. The fourth-order valence-corrected chi connectivity index (χ4v) is 5.10. The predicted molar refractivity (Wildman–Crippen MR) is 109 cm³/mol. The summed E-state index contributed by atoms with van der Waals surface area (Å²) in [7, 11) is 0. The lowest BCUT2D eigenvalue weighted by Crippen LogP contribution is -2.35. The maximum absolute atomic E-state index is 12.9. The molecule has 0 aliphatic carbocycles. The molecule has 2 N–H and O–H groups in total. The van der Waals surface area contributed by atoms with Crippen LogP contribution in [0.4, 0.5) is 5.82 Å². The molecule has 27 heavy (non-hydrogen) atoms. The number of thioether (sulfide) groups is 1. The number of rotatable bonds is 2. The van der Waals surface area contributed by atoms with Crippen molar-refractivity contribution >= 4 is 34.2 Å². The summed E-state index contributed by atoms with van der Waals surface area (Å²) in [6.07, 6.45) is 1.64. The second-order valence-electron chi connectivity index (χ2n) is 7.64. The number of phenolic OH excluding ortho intramolecular Hbond substituents is 1. The number of aliphatic imine (C=N–C) groups is 1. The van der Waals surface area contributed by atoms with Crippen LogP contribution in [0.1, 0.15) is 56.0 Å². The first-order chi connectivity index (χ1) is 12.7. The van der Waals surface area contributed by atoms with Gasteiger partial charge in [-0.1, -0.05) is 29.4 Å². The molecule has 2 aromatic rings. The summed E-state index contributed by atoms with van der Waals surface area (Å²) >= 11 is 7.62. The van der Waals surface area contributed by atoms with Gasteiger partial charge in [0.1, 0.15) is 5.75 Å². The van der Waals surface area contributed by atoms with Crippen LogP contribution in [0.25, 0.3) is 0 Å². The highest BCUT2D eigenvalue weighted by atomic mass is 35.5. The van der Waals surface area contributed by atoms with Crippen molar-refractivity contribution in [3.63, 3.8) is 0 Å². The number of aromatic nitrogens is 2. The summed E-state index contributed by atoms with van der Waals surface area (Å²) in [6, 6.07) is 5.21. The molecule has 1 aromatic heterocycles. The number of benzene rings is 1. The molecule has 0 saturated carbocycles. The largest absolute Gasteiger partial charge is 0.506 e. The highest BCUT2D eigenvalue weighted by molar-refractivity contribution is 8.14. The summed E-state index contributed by atoms with van der Waals surface area (Å²) < 4.78 is 7.74. The van der Waals surface area contributed by atoms with Gasteiger partial charge in [-0.05, 0) is 51.3 Å². The number of ether oxygens (including phenoxy) is 1. The van der Waals surface area contributed by atoms with Crippen molar-refractivity contribution in [1.29, 1.82) is 0 Å². The van der Waals surface area contributed by atoms with Crippen LogP contribution in [-0.2, 0) is 4.74 Å². The van der Waals surface area contributed by atoms with E-state index >= 15 is 0 Å². The van der Waals surface area contributed by atoms with E-state index in [4.69, 9.17) is 21.3 Å². The summed E-state index contributed by atoms with van der Waals surface area (Å²) in [5.74, 6) is 0.718. The molecule has 0 amide bonds. The molecule has 2 atom stereocenters. The van der Waals surface area contributed by atoms with Crippen molar-refractivity contribution in [2.75, 3.05) is 6.61 Å². The minimum absolute atomic E-state index is 0.0303. The number of fused-ring (bicyclic) bond motifs is 1. The molecule has 1 saturated heterocycles. The molecule has 8 heteroatoms. The molecule has 2 aliphatic heterocycles. The van der Waals surface area contributed by atoms with Crippen LogP contribution in [0.5, 0.6) is 5.75 Å². The SMILES string of the molecule is CC1=Nc2c(c(=O)[nH]n2[C@H]2CCOC(C)(C)C2)[C@H](c2ccc(O)c(Cl)c2)S1. The number of nitrogens with zero attached hydrogens (tertiary/aromatic N) is 2. The quantitative estimate of drug-likeness (QED) is 0.765. The zero-order chi connectivity index (χ0) is 19.3. The standard InChI is InChI=1S/C19H22ClN3O3S/c1-10-21-17-15(16(27-10)11-4-5-14(24)13(20)8-11)18(25)22-23(17)12-6-7-26-19(2,3)9-12/h4-5,8,12,16,24H,6-7,9H2,1-3H3,(H,22,25)/t12-,16-/m0/s1. The molecule has 0 bridgehead atoms. The van der Waals surface area contributed by atoms with E-state index in [0.717, 1.165) is 23.4 Å². The molecule has 1 fully saturated rings. The Bertz CT molecular complexity index is 979. The summed E-state index contributed by atoms with van der Waals surface area (Å²) in [6.45, 7) is 6.73. The Morgan fingerprint density at radius 1 is 1.44 bits per heavy atom. The molecule has 0 radical (unpaired) electrons. The first-order valence-electron chi connectivity index (χ1n) is 8.94. The van der Waals surface area contributed by atoms with E-state index < -0.39 is 0 Å². The Kier molecular flexibility index (Phi) is 4.64. The maximum Gasteiger partial charge on any atom is 0.271 e. The molecule has 0 unspecified atom stereocenters. The zero-order valence-corrected chi connectivity index (χ0v) is 17.0. The first kappa shape index (κ1) is 18.7. The predicted octanol–water partition coefficient (Wildman–Crippen LogP) is 4.55. The van der Waals surface area contributed by atoms with Crippen molar-refractivity contribution < 1.29 is 9.84 Å². The fourth-order valence-electron chi connectivity index (χ4n) is 3.81. The number of halogens is 1. The highest BCUT2D eigenvalue weighted by Gasteiger charge is 2.35. The van der Waals surface area contributed by atoms with Gasteiger partial charge in [0.15, 0.2) is 5.82 Å². The molecular weight excluding hydrogens is 386 g/mol. The van der Waals surface area contributed by atoms with Gasteiger partial charge in [-0.3, -0.25) is 14.6 Å². The second-order valence-corrected chi connectivity index (χ2v) is 9.35. The molecule has 144 valence electrons. The molecule has 0 spiro atoms. The van der Waals surface area contributed by atoms with Gasteiger partial charge in [0.25, 0.3) is 5.56 Å². The van der Waals surface area contributed by atoms with Crippen molar-refractivity contribution in [2.24, 2.45) is 4.99 Å². The third-order valence-corrected chi connectivity index (χ3v) is 6.54. The number of aromatic amines is 1. The number of H-pyrrole nitrogens is 1. The molecule has 4 rings (SSSR count). The zero-order valence-electron chi connectivity index (χ0n) is 15.5. The van der Waals surface area contributed by atoms with Gasteiger partial charge in [-0.15, -0.1) is 0 Å². The average Bonchev–Trinajstić information content (AvgIpc) is 2.92. The Labute approximate surface area is 166 Å². The van der Waals surface area contributed by atoms with E-state index in [1.54, 1.807) is 18.2 Å². The Morgan fingerprint density at radius 2 is 2.22 bits per heavy atom. The number of aromatic hydroxyl groups is 1. The van der Waals surface area contributed by atoms with Gasteiger partial charge in [-0.2, -0.15) is 0 Å². The van der Waals surface area contributed by atoms with Crippen LogP contribution < -0.4 is 5.56 Å². The van der Waals surface area contributed by atoms with Gasteiger partial charge >= 0.3 is 0 Å². The third-order valence-electron chi connectivity index (χ3n) is 5.06. The van der Waals surface area contributed by atoms with Crippen LogP contribution in [0.3, 0.4) is 0 Å². The molecular formula is C19H22ClN3O3S. The van der Waals surface area contributed by atoms with Crippen LogP contribution >= 0.6 is 23.4 Å². The first-order valence-corrected chi connectivity index (χ1v) is 10.2. The van der Waals surface area contributed by atoms with Crippen LogP contribution in [0, 0.1) is 0 Å². The van der Waals surface area contributed by atoms with Gasteiger partial charge in [0.05, 0.1) is 32.5 Å². The van der Waals surface area contributed by atoms with Gasteiger partial charge < -0.3 is 9.84 Å². The fraction of sp³-hybridized carbons (Fsp3) is 0.474. The monoisotopic (exact) mass is 407 g/mol. The number of hydrogen-bond donors (Lipinski definition) is 2. The Morgan fingerprint density at radius 3 is 2.93 bits per heavy atom. The highest BCUT2D eigenvalue weighted by Crippen LogP contribution is 2.46.